The molecule has 3 atom stereocenters. The molecule has 0 radical (unpaired) electrons. The molecule has 116 valence electrons. The first-order chi connectivity index (χ1) is 10.6. The molecule has 4 rings (SSSR count). The van der Waals surface area contributed by atoms with Gasteiger partial charge in [0.1, 0.15) is 0 Å². The van der Waals surface area contributed by atoms with Crippen LogP contribution in [0.15, 0.2) is 24.4 Å². The Morgan fingerprint density at radius 3 is 2.95 bits per heavy atom. The lowest BCUT2D eigenvalue weighted by Gasteiger charge is -2.39. The number of hydrogen-bond donors (Lipinski definition) is 2. The number of aromatic nitrogens is 1. The molecule has 1 fully saturated rings. The van der Waals surface area contributed by atoms with Crippen LogP contribution in [0, 0.1) is 5.92 Å². The van der Waals surface area contributed by atoms with E-state index in [1.807, 2.05) is 0 Å². The van der Waals surface area contributed by atoms with Crippen LogP contribution in [0.5, 0.6) is 0 Å². The van der Waals surface area contributed by atoms with Crippen LogP contribution in [-0.2, 0) is 11.2 Å². The minimum atomic E-state index is -0.177. The zero-order valence-corrected chi connectivity index (χ0v) is 13.2. The van der Waals surface area contributed by atoms with Gasteiger partial charge in [0.15, 0.2) is 0 Å². The van der Waals surface area contributed by atoms with Crippen molar-refractivity contribution in [3.8, 4) is 0 Å². The summed E-state index contributed by atoms with van der Waals surface area (Å²) in [7, 11) is 0. The van der Waals surface area contributed by atoms with Crippen molar-refractivity contribution in [3.05, 3.63) is 35.5 Å². The molecule has 4 heteroatoms. The first-order valence-corrected chi connectivity index (χ1v) is 8.21. The van der Waals surface area contributed by atoms with E-state index in [1.54, 1.807) is 0 Å². The molecule has 4 nitrogen and oxygen atoms in total. The van der Waals surface area contributed by atoms with Gasteiger partial charge in [0, 0.05) is 41.6 Å². The lowest BCUT2D eigenvalue weighted by Crippen LogP contribution is -2.49. The maximum Gasteiger partial charge on any atom is 0.221 e. The van der Waals surface area contributed by atoms with E-state index in [1.165, 1.54) is 22.0 Å². The summed E-state index contributed by atoms with van der Waals surface area (Å²) < 4.78 is 2.37. The summed E-state index contributed by atoms with van der Waals surface area (Å²) >= 11 is 0. The lowest BCUT2D eigenvalue weighted by atomic mass is 9.73. The van der Waals surface area contributed by atoms with E-state index < -0.39 is 0 Å². The van der Waals surface area contributed by atoms with E-state index in [0.717, 1.165) is 12.8 Å². The molecule has 1 aromatic heterocycles. The number of amides is 1. The molecule has 2 aromatic rings. The van der Waals surface area contributed by atoms with Crippen molar-refractivity contribution in [2.24, 2.45) is 11.7 Å². The van der Waals surface area contributed by atoms with Gasteiger partial charge in [-0.05, 0) is 43.9 Å². The smallest absolute Gasteiger partial charge is 0.221 e. The van der Waals surface area contributed by atoms with E-state index in [4.69, 9.17) is 5.73 Å². The number of benzene rings is 1. The molecular formula is C18H23N3O. The van der Waals surface area contributed by atoms with Crippen molar-refractivity contribution >= 4 is 16.8 Å². The van der Waals surface area contributed by atoms with Gasteiger partial charge >= 0.3 is 0 Å². The second-order valence-corrected chi connectivity index (χ2v) is 7.06. The van der Waals surface area contributed by atoms with Crippen LogP contribution in [0.1, 0.15) is 43.4 Å². The van der Waals surface area contributed by atoms with Crippen LogP contribution < -0.4 is 11.1 Å². The summed E-state index contributed by atoms with van der Waals surface area (Å²) in [6.07, 6.45) is 4.23. The fourth-order valence-corrected chi connectivity index (χ4v) is 4.32. The molecule has 0 spiro atoms. The van der Waals surface area contributed by atoms with Crippen LogP contribution in [0.3, 0.4) is 0 Å². The van der Waals surface area contributed by atoms with Crippen molar-refractivity contribution in [2.45, 2.75) is 44.7 Å². The molecule has 3 N–H and O–H groups in total. The van der Waals surface area contributed by atoms with Gasteiger partial charge in [-0.15, -0.1) is 0 Å². The van der Waals surface area contributed by atoms with E-state index in [0.29, 0.717) is 24.5 Å². The minimum absolute atomic E-state index is 0.0507. The highest BCUT2D eigenvalue weighted by Gasteiger charge is 2.38. The molecule has 2 heterocycles. The number of fused-ring (bicyclic) bond motifs is 2. The normalized spacial score (nSPS) is 27.1. The highest BCUT2D eigenvalue weighted by Crippen LogP contribution is 2.43. The Kier molecular flexibility index (Phi) is 3.05. The first kappa shape index (κ1) is 13.8. The van der Waals surface area contributed by atoms with Gasteiger partial charge in [-0.25, -0.2) is 0 Å². The Morgan fingerprint density at radius 2 is 2.23 bits per heavy atom. The Balaban J connectivity index is 1.85. The molecule has 2 aliphatic rings. The Labute approximate surface area is 130 Å². The second kappa shape index (κ2) is 4.85. The maximum atomic E-state index is 11.6. The fraction of sp³-hybridized carbons (Fsp3) is 0.500. The Hall–Kier alpha value is -1.81. The predicted octanol–water partition coefficient (Wildman–Crippen LogP) is 2.33. The third-order valence-electron chi connectivity index (χ3n) is 5.42. The second-order valence-electron chi connectivity index (χ2n) is 7.06. The number of nitrogens with two attached hydrogens (primary N) is 1. The van der Waals surface area contributed by atoms with Crippen LogP contribution in [-0.4, -0.2) is 23.1 Å². The summed E-state index contributed by atoms with van der Waals surface area (Å²) in [5, 5.41) is 4.97. The van der Waals surface area contributed by atoms with Gasteiger partial charge in [0.2, 0.25) is 5.91 Å². The average Bonchev–Trinajstić information content (AvgIpc) is 2.87. The van der Waals surface area contributed by atoms with Gasteiger partial charge in [-0.3, -0.25) is 4.79 Å². The van der Waals surface area contributed by atoms with E-state index in [2.05, 4.69) is 48.1 Å². The van der Waals surface area contributed by atoms with E-state index in [9.17, 15) is 4.79 Å². The third-order valence-corrected chi connectivity index (χ3v) is 5.42. The van der Waals surface area contributed by atoms with Crippen molar-refractivity contribution in [1.82, 2.24) is 9.88 Å². The molecule has 1 aromatic carbocycles. The lowest BCUT2D eigenvalue weighted by molar-refractivity contribution is -0.122. The van der Waals surface area contributed by atoms with Crippen LogP contribution in [0.2, 0.25) is 0 Å². The number of hydrogen-bond acceptors (Lipinski definition) is 2. The van der Waals surface area contributed by atoms with E-state index >= 15 is 0 Å². The molecule has 22 heavy (non-hydrogen) atoms. The molecule has 0 saturated carbocycles. The van der Waals surface area contributed by atoms with Crippen molar-refractivity contribution in [1.29, 1.82) is 0 Å². The maximum absolute atomic E-state index is 11.6. The number of rotatable bonds is 2. The van der Waals surface area contributed by atoms with Crippen LogP contribution in [0.4, 0.5) is 0 Å². The Morgan fingerprint density at radius 1 is 1.41 bits per heavy atom. The SMILES string of the molecule is CC(C)n1cc2c3c(cccc31)[C@H]1CC(C(N)=O)CN[C@@H]1C2. The average molecular weight is 297 g/mol. The topological polar surface area (TPSA) is 60.0 Å². The van der Waals surface area contributed by atoms with Crippen LogP contribution in [0.25, 0.3) is 10.9 Å². The molecule has 1 aliphatic carbocycles. The fourth-order valence-electron chi connectivity index (χ4n) is 4.32. The molecule has 1 amide bonds. The zero-order chi connectivity index (χ0) is 15.4. The largest absolute Gasteiger partial charge is 0.369 e. The first-order valence-electron chi connectivity index (χ1n) is 8.21. The minimum Gasteiger partial charge on any atom is -0.369 e. The molecule has 1 saturated heterocycles. The molecule has 1 unspecified atom stereocenters. The molecule has 0 bridgehead atoms. The van der Waals surface area contributed by atoms with E-state index in [-0.39, 0.29) is 11.8 Å². The third kappa shape index (κ3) is 1.90. The highest BCUT2D eigenvalue weighted by atomic mass is 16.1. The number of piperidine rings is 1. The quantitative estimate of drug-likeness (QED) is 0.893. The summed E-state index contributed by atoms with van der Waals surface area (Å²) in [4.78, 5) is 11.6. The summed E-state index contributed by atoms with van der Waals surface area (Å²) in [5.74, 6) is 0.166. The van der Waals surface area contributed by atoms with Crippen molar-refractivity contribution in [2.75, 3.05) is 6.54 Å². The standard InChI is InChI=1S/C18H23N3O/c1-10(2)21-9-12-7-15-14(6-11(8-20-15)18(19)22)13-4-3-5-16(21)17(12)13/h3-5,9-11,14-15,20H,6-8H2,1-2H3,(H2,19,22)/t11?,14-,15-/m1/s1. The number of nitrogens with zero attached hydrogens (tertiary/aromatic N) is 1. The van der Waals surface area contributed by atoms with Crippen LogP contribution >= 0.6 is 0 Å². The van der Waals surface area contributed by atoms with Gasteiger partial charge in [0.25, 0.3) is 0 Å². The summed E-state index contributed by atoms with van der Waals surface area (Å²) in [5.41, 5.74) is 9.69. The van der Waals surface area contributed by atoms with Crippen molar-refractivity contribution in [3.63, 3.8) is 0 Å². The summed E-state index contributed by atoms with van der Waals surface area (Å²) in [6, 6.07) is 7.48. The van der Waals surface area contributed by atoms with Gasteiger partial charge in [-0.1, -0.05) is 12.1 Å². The zero-order valence-electron chi connectivity index (χ0n) is 13.2. The van der Waals surface area contributed by atoms with Gasteiger partial charge in [-0.2, -0.15) is 0 Å². The number of nitrogens with one attached hydrogen (secondary N) is 1. The molecule has 1 aliphatic heterocycles. The predicted molar refractivity (Wildman–Crippen MR) is 87.9 cm³/mol. The highest BCUT2D eigenvalue weighted by molar-refractivity contribution is 5.89. The number of carbonyl (C=O) groups is 1. The van der Waals surface area contributed by atoms with Crippen molar-refractivity contribution < 1.29 is 4.79 Å². The number of carbonyl (C=O) groups excluding carboxylic acids is 1. The number of primary amides is 1. The summed E-state index contributed by atoms with van der Waals surface area (Å²) in [6.45, 7) is 5.16. The monoisotopic (exact) mass is 297 g/mol. The van der Waals surface area contributed by atoms with Gasteiger partial charge in [0.05, 0.1) is 5.92 Å². The Bertz CT molecular complexity index is 746. The van der Waals surface area contributed by atoms with Gasteiger partial charge < -0.3 is 15.6 Å². The molecular weight excluding hydrogens is 274 g/mol.